The van der Waals surface area contributed by atoms with E-state index in [1.54, 1.807) is 24.4 Å². The van der Waals surface area contributed by atoms with Crippen LogP contribution in [-0.4, -0.2) is 43.7 Å². The number of methoxy groups -OCH3 is 1. The second kappa shape index (κ2) is 6.98. The van der Waals surface area contributed by atoms with Crippen molar-refractivity contribution >= 4 is 6.72 Å². The molecule has 4 nitrogen and oxygen atoms in total. The molecule has 0 aromatic heterocycles. The molecule has 0 fully saturated rings. The Morgan fingerprint density at radius 2 is 2.47 bits per heavy atom. The standard InChI is InChI=1S/C12H17FN2O2/c1-14-15(5-6-17-2)8-10-3-4-11(9-16)12(13)7-10/h4,7-8,16H,1,3,5-6,9H2,2H3/b10-8+. The molecule has 0 spiro atoms. The Morgan fingerprint density at radius 3 is 3.00 bits per heavy atom. The van der Waals surface area contributed by atoms with Crippen LogP contribution >= 0.6 is 0 Å². The highest BCUT2D eigenvalue weighted by molar-refractivity contribution is 5.39. The third-order valence-corrected chi connectivity index (χ3v) is 2.39. The molecule has 94 valence electrons. The molecule has 1 aliphatic carbocycles. The Morgan fingerprint density at radius 1 is 1.71 bits per heavy atom. The smallest absolute Gasteiger partial charge is 0.128 e. The third-order valence-electron chi connectivity index (χ3n) is 2.39. The quantitative estimate of drug-likeness (QED) is 0.566. The molecular formula is C12H17FN2O2. The molecule has 0 atom stereocenters. The minimum Gasteiger partial charge on any atom is -0.392 e. The van der Waals surface area contributed by atoms with Gasteiger partial charge in [0.1, 0.15) is 5.83 Å². The molecular weight excluding hydrogens is 223 g/mol. The minimum atomic E-state index is -0.402. The minimum absolute atomic E-state index is 0.275. The number of allylic oxidation sites excluding steroid dienone is 3. The molecule has 1 aliphatic rings. The number of ether oxygens (including phenoxy) is 1. The van der Waals surface area contributed by atoms with E-state index in [4.69, 9.17) is 9.84 Å². The maximum Gasteiger partial charge on any atom is 0.128 e. The van der Waals surface area contributed by atoms with Crippen molar-refractivity contribution in [3.63, 3.8) is 0 Å². The van der Waals surface area contributed by atoms with Crippen molar-refractivity contribution in [2.24, 2.45) is 5.10 Å². The van der Waals surface area contributed by atoms with Crippen LogP contribution in [0.15, 0.2) is 40.4 Å². The summed E-state index contributed by atoms with van der Waals surface area (Å²) in [7, 11) is 1.60. The van der Waals surface area contributed by atoms with Crippen LogP contribution in [0.3, 0.4) is 0 Å². The molecule has 0 saturated carbocycles. The first-order valence-corrected chi connectivity index (χ1v) is 5.31. The van der Waals surface area contributed by atoms with Crippen molar-refractivity contribution < 1.29 is 14.2 Å². The van der Waals surface area contributed by atoms with Crippen molar-refractivity contribution in [3.8, 4) is 0 Å². The molecule has 0 amide bonds. The molecule has 0 aromatic carbocycles. The van der Waals surface area contributed by atoms with Gasteiger partial charge in [-0.1, -0.05) is 6.08 Å². The molecule has 1 N–H and O–H groups in total. The van der Waals surface area contributed by atoms with Gasteiger partial charge in [0.25, 0.3) is 0 Å². The van der Waals surface area contributed by atoms with Crippen LogP contribution in [0, 0.1) is 0 Å². The second-order valence-corrected chi connectivity index (χ2v) is 3.59. The Kier molecular flexibility index (Phi) is 5.59. The summed E-state index contributed by atoms with van der Waals surface area (Å²) in [5.74, 6) is -0.402. The van der Waals surface area contributed by atoms with Gasteiger partial charge in [-0.05, 0) is 18.1 Å². The van der Waals surface area contributed by atoms with Crippen LogP contribution in [0.4, 0.5) is 4.39 Å². The summed E-state index contributed by atoms with van der Waals surface area (Å²) in [6, 6.07) is 0. The summed E-state index contributed by atoms with van der Waals surface area (Å²) in [6.45, 7) is 4.25. The number of nitrogens with zero attached hydrogens (tertiary/aromatic N) is 2. The van der Waals surface area contributed by atoms with E-state index in [0.717, 1.165) is 5.57 Å². The average molecular weight is 240 g/mol. The van der Waals surface area contributed by atoms with Gasteiger partial charge in [0, 0.05) is 25.6 Å². The molecule has 0 saturated heterocycles. The van der Waals surface area contributed by atoms with Crippen LogP contribution < -0.4 is 0 Å². The Balaban J connectivity index is 2.68. The van der Waals surface area contributed by atoms with Gasteiger partial charge in [-0.2, -0.15) is 5.10 Å². The molecule has 1 rings (SSSR count). The van der Waals surface area contributed by atoms with E-state index in [1.807, 2.05) is 0 Å². The lowest BCUT2D eigenvalue weighted by molar-refractivity contribution is 0.171. The van der Waals surface area contributed by atoms with Crippen molar-refractivity contribution in [1.82, 2.24) is 5.01 Å². The number of rotatable bonds is 6. The zero-order valence-corrected chi connectivity index (χ0v) is 9.90. The average Bonchev–Trinajstić information content (AvgIpc) is 2.34. The molecule has 0 aromatic rings. The lowest BCUT2D eigenvalue weighted by Crippen LogP contribution is -2.16. The van der Waals surface area contributed by atoms with Crippen molar-refractivity contribution in [2.75, 3.05) is 26.9 Å². The number of hydrazone groups is 1. The van der Waals surface area contributed by atoms with Gasteiger partial charge >= 0.3 is 0 Å². The number of aliphatic hydroxyl groups excluding tert-OH is 1. The van der Waals surface area contributed by atoms with Crippen molar-refractivity contribution in [2.45, 2.75) is 6.42 Å². The monoisotopic (exact) mass is 240 g/mol. The zero-order chi connectivity index (χ0) is 12.7. The lowest BCUT2D eigenvalue weighted by atomic mass is 10.0. The van der Waals surface area contributed by atoms with Gasteiger partial charge in [0.05, 0.1) is 19.8 Å². The zero-order valence-electron chi connectivity index (χ0n) is 9.90. The molecule has 0 unspecified atom stereocenters. The summed E-state index contributed by atoms with van der Waals surface area (Å²) in [5, 5.41) is 14.3. The predicted octanol–water partition coefficient (Wildman–Crippen LogP) is 1.61. The topological polar surface area (TPSA) is 45.1 Å². The van der Waals surface area contributed by atoms with Gasteiger partial charge in [-0.15, -0.1) is 0 Å². The summed E-state index contributed by atoms with van der Waals surface area (Å²) in [6.07, 6.45) is 5.36. The van der Waals surface area contributed by atoms with E-state index >= 15 is 0 Å². The maximum atomic E-state index is 13.4. The Labute approximate surface area is 100 Å². The highest BCUT2D eigenvalue weighted by Crippen LogP contribution is 2.23. The highest BCUT2D eigenvalue weighted by atomic mass is 19.1. The summed E-state index contributed by atoms with van der Waals surface area (Å²) in [4.78, 5) is 0. The normalized spacial score (nSPS) is 17.7. The van der Waals surface area contributed by atoms with E-state index in [2.05, 4.69) is 11.8 Å². The first kappa shape index (κ1) is 13.6. The van der Waals surface area contributed by atoms with E-state index < -0.39 is 5.83 Å². The lowest BCUT2D eigenvalue weighted by Gasteiger charge is -2.16. The summed E-state index contributed by atoms with van der Waals surface area (Å²) in [5.41, 5.74) is 1.11. The fourth-order valence-electron chi connectivity index (χ4n) is 1.44. The van der Waals surface area contributed by atoms with Gasteiger partial charge in [-0.25, -0.2) is 4.39 Å². The van der Waals surface area contributed by atoms with Crippen LogP contribution in [0.1, 0.15) is 6.42 Å². The van der Waals surface area contributed by atoms with E-state index in [9.17, 15) is 4.39 Å². The SMILES string of the molecule is C=NN(/C=C1/C=C(F)C(CO)=CC1)CCOC. The number of aliphatic hydroxyl groups is 1. The highest BCUT2D eigenvalue weighted by Gasteiger charge is 2.10. The van der Waals surface area contributed by atoms with E-state index in [-0.39, 0.29) is 6.61 Å². The van der Waals surface area contributed by atoms with Crippen LogP contribution in [0.5, 0.6) is 0 Å². The van der Waals surface area contributed by atoms with Crippen LogP contribution in [-0.2, 0) is 4.74 Å². The van der Waals surface area contributed by atoms with Gasteiger partial charge < -0.3 is 9.84 Å². The number of hydrogen-bond donors (Lipinski definition) is 1. The van der Waals surface area contributed by atoms with Gasteiger partial charge in [0.15, 0.2) is 0 Å². The summed E-state index contributed by atoms with van der Waals surface area (Å²) >= 11 is 0. The summed E-state index contributed by atoms with van der Waals surface area (Å²) < 4.78 is 18.3. The van der Waals surface area contributed by atoms with Crippen molar-refractivity contribution in [3.05, 3.63) is 35.3 Å². The van der Waals surface area contributed by atoms with E-state index in [1.165, 1.54) is 6.08 Å². The fraction of sp³-hybridized carbons (Fsp3) is 0.417. The molecule has 0 radical (unpaired) electrons. The molecule has 0 bridgehead atoms. The van der Waals surface area contributed by atoms with Crippen LogP contribution in [0.25, 0.3) is 0 Å². The second-order valence-electron chi connectivity index (χ2n) is 3.59. The largest absolute Gasteiger partial charge is 0.392 e. The fourth-order valence-corrected chi connectivity index (χ4v) is 1.44. The number of hydrogen-bond acceptors (Lipinski definition) is 4. The Bertz CT molecular complexity index is 362. The predicted molar refractivity (Wildman–Crippen MR) is 65.2 cm³/mol. The van der Waals surface area contributed by atoms with Gasteiger partial charge in [-0.3, -0.25) is 5.01 Å². The first-order valence-electron chi connectivity index (χ1n) is 5.31. The molecule has 17 heavy (non-hydrogen) atoms. The number of halogens is 1. The molecule has 5 heteroatoms. The molecule has 0 heterocycles. The van der Waals surface area contributed by atoms with Gasteiger partial charge in [0.2, 0.25) is 0 Å². The third kappa shape index (κ3) is 4.13. The molecule has 0 aliphatic heterocycles. The van der Waals surface area contributed by atoms with E-state index in [0.29, 0.717) is 25.1 Å². The van der Waals surface area contributed by atoms with Crippen LogP contribution in [0.2, 0.25) is 0 Å². The maximum absolute atomic E-state index is 13.4. The first-order chi connectivity index (χ1) is 8.21. The van der Waals surface area contributed by atoms with Crippen molar-refractivity contribution in [1.29, 1.82) is 0 Å². The Hall–Kier alpha value is -1.46.